The Kier molecular flexibility index (Phi) is 4.98. The van der Waals surface area contributed by atoms with Gasteiger partial charge in [-0.25, -0.2) is 4.98 Å². The lowest BCUT2D eigenvalue weighted by molar-refractivity contribution is 0.0897. The molecule has 0 bridgehead atoms. The van der Waals surface area contributed by atoms with Gasteiger partial charge in [-0.1, -0.05) is 45.0 Å². The first-order valence-electron chi connectivity index (χ1n) is 7.34. The predicted molar refractivity (Wildman–Crippen MR) is 90.8 cm³/mol. The molecule has 0 spiro atoms. The van der Waals surface area contributed by atoms with E-state index in [1.807, 2.05) is 12.1 Å². The summed E-state index contributed by atoms with van der Waals surface area (Å²) in [5.41, 5.74) is 8.20. The molecule has 0 saturated carbocycles. The fraction of sp³-hybridized carbons (Fsp3) is 0.412. The van der Waals surface area contributed by atoms with E-state index in [4.69, 9.17) is 5.73 Å². The maximum atomic E-state index is 12.5. The Balaban J connectivity index is 2.28. The van der Waals surface area contributed by atoms with Gasteiger partial charge in [0.2, 0.25) is 0 Å². The monoisotopic (exact) mass is 317 g/mol. The largest absolute Gasteiger partial charge is 0.343 e. The third kappa shape index (κ3) is 3.72. The van der Waals surface area contributed by atoms with E-state index < -0.39 is 0 Å². The van der Waals surface area contributed by atoms with Crippen molar-refractivity contribution >= 4 is 17.2 Å². The average Bonchev–Trinajstić information content (AvgIpc) is 2.93. The van der Waals surface area contributed by atoms with Crippen molar-refractivity contribution in [2.45, 2.75) is 40.3 Å². The highest BCUT2D eigenvalue weighted by Crippen LogP contribution is 2.34. The normalized spacial score (nSPS) is 13.0. The van der Waals surface area contributed by atoms with Crippen molar-refractivity contribution in [3.8, 4) is 0 Å². The first-order valence-corrected chi connectivity index (χ1v) is 8.21. The Morgan fingerprint density at radius 3 is 2.59 bits per heavy atom. The zero-order valence-corrected chi connectivity index (χ0v) is 14.3. The molecule has 0 aliphatic rings. The van der Waals surface area contributed by atoms with Crippen LogP contribution in [0.1, 0.15) is 53.4 Å². The van der Waals surface area contributed by atoms with Crippen LogP contribution in [0.5, 0.6) is 0 Å². The number of carbonyl (C=O) groups is 1. The molecule has 1 amide bonds. The molecule has 22 heavy (non-hydrogen) atoms. The van der Waals surface area contributed by atoms with Gasteiger partial charge in [0.05, 0.1) is 6.04 Å². The second-order valence-corrected chi connectivity index (χ2v) is 7.40. The number of nitrogens with one attached hydrogen (secondary N) is 1. The van der Waals surface area contributed by atoms with E-state index in [1.165, 1.54) is 16.9 Å². The number of hydrogen-bond acceptors (Lipinski definition) is 4. The van der Waals surface area contributed by atoms with Crippen molar-refractivity contribution in [3.05, 3.63) is 51.5 Å². The zero-order chi connectivity index (χ0) is 16.3. The molecular weight excluding hydrogens is 294 g/mol. The molecule has 1 aromatic carbocycles. The number of benzene rings is 1. The predicted octanol–water partition coefficient (Wildman–Crippen LogP) is 3.43. The van der Waals surface area contributed by atoms with Crippen LogP contribution >= 0.6 is 11.3 Å². The molecule has 0 aliphatic heterocycles. The molecule has 0 saturated heterocycles. The van der Waals surface area contributed by atoms with Gasteiger partial charge in [-0.2, -0.15) is 0 Å². The molecular formula is C17H23N3OS. The van der Waals surface area contributed by atoms with Crippen molar-refractivity contribution in [1.82, 2.24) is 10.3 Å². The summed E-state index contributed by atoms with van der Waals surface area (Å²) in [6.45, 7) is 8.79. The maximum Gasteiger partial charge on any atom is 0.271 e. The number of nitrogens with two attached hydrogens (primary N) is 1. The van der Waals surface area contributed by atoms with E-state index in [9.17, 15) is 4.79 Å². The lowest BCUT2D eigenvalue weighted by Gasteiger charge is -2.32. The smallest absolute Gasteiger partial charge is 0.271 e. The van der Waals surface area contributed by atoms with Crippen LogP contribution in [0, 0.1) is 12.3 Å². The molecule has 0 fully saturated rings. The van der Waals surface area contributed by atoms with Gasteiger partial charge in [-0.3, -0.25) is 4.79 Å². The second-order valence-electron chi connectivity index (χ2n) is 6.46. The summed E-state index contributed by atoms with van der Waals surface area (Å²) in [5.74, 6) is -0.154. The summed E-state index contributed by atoms with van der Waals surface area (Å²) in [7, 11) is 0. The van der Waals surface area contributed by atoms with Crippen LogP contribution in [0.2, 0.25) is 0 Å². The summed E-state index contributed by atoms with van der Waals surface area (Å²) in [5, 5.41) is 5.66. The molecule has 2 aromatic rings. The Morgan fingerprint density at radius 2 is 2.05 bits per heavy atom. The Labute approximate surface area is 135 Å². The van der Waals surface area contributed by atoms with E-state index in [0.29, 0.717) is 12.2 Å². The number of nitrogens with zero attached hydrogens (tertiary/aromatic N) is 1. The van der Waals surface area contributed by atoms with Gasteiger partial charge < -0.3 is 11.1 Å². The number of amides is 1. The van der Waals surface area contributed by atoms with E-state index in [-0.39, 0.29) is 17.4 Å². The third-order valence-corrected chi connectivity index (χ3v) is 4.47. The molecule has 1 heterocycles. The summed E-state index contributed by atoms with van der Waals surface area (Å²) in [4.78, 5) is 16.8. The second kappa shape index (κ2) is 6.58. The van der Waals surface area contributed by atoms with Crippen LogP contribution in [0.3, 0.4) is 0 Å². The summed E-state index contributed by atoms with van der Waals surface area (Å²) >= 11 is 1.41. The van der Waals surface area contributed by atoms with Gasteiger partial charge in [0.1, 0.15) is 10.7 Å². The first-order chi connectivity index (χ1) is 10.3. The first kappa shape index (κ1) is 16.6. The highest BCUT2D eigenvalue weighted by atomic mass is 32.1. The number of aromatic nitrogens is 1. The Bertz CT molecular complexity index is 658. The molecule has 5 heteroatoms. The van der Waals surface area contributed by atoms with E-state index in [1.54, 1.807) is 5.38 Å². The van der Waals surface area contributed by atoms with Crippen molar-refractivity contribution in [3.63, 3.8) is 0 Å². The van der Waals surface area contributed by atoms with Gasteiger partial charge in [-0.05, 0) is 23.5 Å². The third-order valence-electron chi connectivity index (χ3n) is 3.60. The molecule has 0 aliphatic carbocycles. The topological polar surface area (TPSA) is 68.0 Å². The summed E-state index contributed by atoms with van der Waals surface area (Å²) < 4.78 is 0. The van der Waals surface area contributed by atoms with Crippen LogP contribution in [-0.2, 0) is 6.54 Å². The van der Waals surface area contributed by atoms with E-state index >= 15 is 0 Å². The fourth-order valence-electron chi connectivity index (χ4n) is 2.39. The van der Waals surface area contributed by atoms with Crippen molar-refractivity contribution < 1.29 is 4.79 Å². The number of hydrogen-bond donors (Lipinski definition) is 2. The Hall–Kier alpha value is -1.72. The highest BCUT2D eigenvalue weighted by Gasteiger charge is 2.29. The van der Waals surface area contributed by atoms with Crippen LogP contribution in [0.4, 0.5) is 0 Å². The molecule has 118 valence electrons. The van der Waals surface area contributed by atoms with Crippen molar-refractivity contribution in [1.29, 1.82) is 0 Å². The molecule has 2 rings (SSSR count). The van der Waals surface area contributed by atoms with Gasteiger partial charge in [0.25, 0.3) is 5.91 Å². The van der Waals surface area contributed by atoms with Crippen LogP contribution in [0.25, 0.3) is 0 Å². The van der Waals surface area contributed by atoms with Crippen LogP contribution in [0.15, 0.2) is 29.6 Å². The molecule has 1 unspecified atom stereocenters. The molecule has 3 N–H and O–H groups in total. The van der Waals surface area contributed by atoms with Crippen molar-refractivity contribution in [2.75, 3.05) is 0 Å². The lowest BCUT2D eigenvalue weighted by Crippen LogP contribution is -2.37. The van der Waals surface area contributed by atoms with Crippen LogP contribution in [-0.4, -0.2) is 10.9 Å². The Morgan fingerprint density at radius 1 is 1.36 bits per heavy atom. The van der Waals surface area contributed by atoms with E-state index in [0.717, 1.165) is 10.6 Å². The zero-order valence-electron chi connectivity index (χ0n) is 13.5. The number of aryl methyl sites for hydroxylation is 1. The molecule has 0 radical (unpaired) electrons. The SMILES string of the molecule is Cc1ccccc1C(NC(=O)c1csc(CN)n1)C(C)(C)C. The minimum absolute atomic E-state index is 0.0794. The van der Waals surface area contributed by atoms with Gasteiger partial charge in [-0.15, -0.1) is 11.3 Å². The van der Waals surface area contributed by atoms with Crippen LogP contribution < -0.4 is 11.1 Å². The van der Waals surface area contributed by atoms with Gasteiger partial charge in [0, 0.05) is 11.9 Å². The molecule has 4 nitrogen and oxygen atoms in total. The number of rotatable bonds is 4. The standard InChI is InChI=1S/C17H23N3OS/c1-11-7-5-6-8-12(11)15(17(2,3)4)20-16(21)13-10-22-14(9-18)19-13/h5-8,10,15H,9,18H2,1-4H3,(H,20,21). The van der Waals surface area contributed by atoms with Gasteiger partial charge >= 0.3 is 0 Å². The van der Waals surface area contributed by atoms with Crippen molar-refractivity contribution in [2.24, 2.45) is 11.1 Å². The number of thiazole rings is 1. The summed E-state index contributed by atoms with van der Waals surface area (Å²) in [6, 6.07) is 8.06. The maximum absolute atomic E-state index is 12.5. The lowest BCUT2D eigenvalue weighted by atomic mass is 9.81. The van der Waals surface area contributed by atoms with E-state index in [2.05, 4.69) is 50.1 Å². The minimum atomic E-state index is -0.154. The average molecular weight is 317 g/mol. The molecule has 1 atom stereocenters. The quantitative estimate of drug-likeness (QED) is 0.908. The summed E-state index contributed by atoms with van der Waals surface area (Å²) in [6.07, 6.45) is 0. The van der Waals surface area contributed by atoms with Gasteiger partial charge in [0.15, 0.2) is 0 Å². The fourth-order valence-corrected chi connectivity index (χ4v) is 3.04. The number of carbonyl (C=O) groups excluding carboxylic acids is 1. The molecule has 1 aromatic heterocycles. The highest BCUT2D eigenvalue weighted by molar-refractivity contribution is 7.09. The minimum Gasteiger partial charge on any atom is -0.343 e.